The molecule has 0 amide bonds. The van der Waals surface area contributed by atoms with Crippen LogP contribution in [0.1, 0.15) is 11.1 Å². The van der Waals surface area contributed by atoms with Gasteiger partial charge in [-0.25, -0.2) is 4.98 Å². The predicted octanol–water partition coefficient (Wildman–Crippen LogP) is 2.57. The summed E-state index contributed by atoms with van der Waals surface area (Å²) in [6, 6.07) is 7.99. The van der Waals surface area contributed by atoms with Crippen LogP contribution in [0.2, 0.25) is 0 Å². The van der Waals surface area contributed by atoms with Gasteiger partial charge in [-0.05, 0) is 24.7 Å². The van der Waals surface area contributed by atoms with Gasteiger partial charge in [0.2, 0.25) is 0 Å². The number of pyridine rings is 1. The molecule has 0 spiro atoms. The topological polar surface area (TPSA) is 58.7 Å². The molecule has 1 aromatic carbocycles. The molecule has 3 rings (SSSR count). The van der Waals surface area contributed by atoms with E-state index >= 15 is 0 Å². The maximum absolute atomic E-state index is 5.34. The van der Waals surface area contributed by atoms with Gasteiger partial charge in [-0.3, -0.25) is 0 Å². The molecule has 2 heterocycles. The third-order valence-corrected chi connectivity index (χ3v) is 4.16. The summed E-state index contributed by atoms with van der Waals surface area (Å²) >= 11 is 0. The molecule has 2 aromatic rings. The largest absolute Gasteiger partial charge is 0.493 e. The van der Waals surface area contributed by atoms with Gasteiger partial charge in [-0.2, -0.15) is 0 Å². The Morgan fingerprint density at radius 3 is 2.83 bits per heavy atom. The van der Waals surface area contributed by atoms with E-state index in [0.29, 0.717) is 6.54 Å². The highest BCUT2D eigenvalue weighted by atomic mass is 16.5. The highest BCUT2D eigenvalue weighted by Gasteiger charge is 2.12. The standard InChI is InChI=1S/C18H24N4O2/c1-22-7-6-19-15-9-18(21-11-14(15)12-22)20-10-13-4-5-16(23-2)17(8-13)24-3/h4-5,8-9,11,19H,6-7,10,12H2,1-3H3,(H,20,21). The molecule has 6 nitrogen and oxygen atoms in total. The van der Waals surface area contributed by atoms with Gasteiger partial charge in [0.15, 0.2) is 11.5 Å². The van der Waals surface area contributed by atoms with Crippen molar-refractivity contribution >= 4 is 11.5 Å². The Kier molecular flexibility index (Phi) is 5.05. The molecule has 0 saturated heterocycles. The highest BCUT2D eigenvalue weighted by Crippen LogP contribution is 2.28. The summed E-state index contributed by atoms with van der Waals surface area (Å²) in [5.74, 6) is 2.33. The molecule has 0 saturated carbocycles. The van der Waals surface area contributed by atoms with Gasteiger partial charge >= 0.3 is 0 Å². The van der Waals surface area contributed by atoms with E-state index in [0.717, 1.165) is 48.2 Å². The van der Waals surface area contributed by atoms with Gasteiger partial charge < -0.3 is 25.0 Å². The number of aromatic nitrogens is 1. The first-order valence-corrected chi connectivity index (χ1v) is 8.05. The van der Waals surface area contributed by atoms with Crippen molar-refractivity contribution in [3.63, 3.8) is 0 Å². The summed E-state index contributed by atoms with van der Waals surface area (Å²) in [6.07, 6.45) is 1.95. The molecule has 2 N–H and O–H groups in total. The Morgan fingerprint density at radius 1 is 1.21 bits per heavy atom. The van der Waals surface area contributed by atoms with Gasteiger partial charge in [0.05, 0.1) is 14.2 Å². The van der Waals surface area contributed by atoms with Gasteiger partial charge in [-0.1, -0.05) is 6.07 Å². The lowest BCUT2D eigenvalue weighted by molar-refractivity contribution is 0.346. The van der Waals surface area contributed by atoms with Gasteiger partial charge in [-0.15, -0.1) is 0 Å². The SMILES string of the molecule is COc1ccc(CNc2cc3c(cn2)CN(C)CCN3)cc1OC. The van der Waals surface area contributed by atoms with Crippen molar-refractivity contribution in [1.29, 1.82) is 0 Å². The zero-order chi connectivity index (χ0) is 16.9. The third kappa shape index (κ3) is 3.71. The van der Waals surface area contributed by atoms with E-state index in [-0.39, 0.29) is 0 Å². The lowest BCUT2D eigenvalue weighted by Gasteiger charge is -2.13. The molecule has 0 fully saturated rings. The monoisotopic (exact) mass is 328 g/mol. The van der Waals surface area contributed by atoms with E-state index in [2.05, 4.69) is 33.6 Å². The van der Waals surface area contributed by atoms with Crippen molar-refractivity contribution in [2.24, 2.45) is 0 Å². The molecular formula is C18H24N4O2. The number of methoxy groups -OCH3 is 2. The number of benzene rings is 1. The van der Waals surface area contributed by atoms with E-state index in [1.54, 1.807) is 14.2 Å². The Hall–Kier alpha value is -2.47. The van der Waals surface area contributed by atoms with E-state index in [1.807, 2.05) is 24.4 Å². The number of hydrogen-bond acceptors (Lipinski definition) is 6. The van der Waals surface area contributed by atoms with Crippen molar-refractivity contribution in [3.05, 3.63) is 41.6 Å². The average molecular weight is 328 g/mol. The molecule has 0 radical (unpaired) electrons. The number of nitrogens with zero attached hydrogens (tertiary/aromatic N) is 2. The smallest absolute Gasteiger partial charge is 0.161 e. The van der Waals surface area contributed by atoms with E-state index in [4.69, 9.17) is 9.47 Å². The van der Waals surface area contributed by atoms with Gasteiger partial charge in [0, 0.05) is 49.7 Å². The van der Waals surface area contributed by atoms with Crippen molar-refractivity contribution in [2.45, 2.75) is 13.1 Å². The summed E-state index contributed by atoms with van der Waals surface area (Å²) < 4.78 is 10.6. The summed E-state index contributed by atoms with van der Waals surface area (Å²) in [5.41, 5.74) is 3.49. The number of nitrogens with one attached hydrogen (secondary N) is 2. The number of likely N-dealkylation sites (N-methyl/N-ethyl adjacent to an activating group) is 1. The number of rotatable bonds is 5. The second-order valence-corrected chi connectivity index (χ2v) is 5.93. The minimum Gasteiger partial charge on any atom is -0.493 e. The Bertz CT molecular complexity index is 705. The summed E-state index contributed by atoms with van der Waals surface area (Å²) in [4.78, 5) is 6.81. The van der Waals surface area contributed by atoms with Gasteiger partial charge in [0.1, 0.15) is 5.82 Å². The fraction of sp³-hybridized carbons (Fsp3) is 0.389. The molecule has 1 aliphatic heterocycles. The molecule has 0 atom stereocenters. The molecule has 6 heteroatoms. The molecule has 0 unspecified atom stereocenters. The molecule has 1 aliphatic rings. The number of anilines is 2. The zero-order valence-corrected chi connectivity index (χ0v) is 14.4. The first-order chi connectivity index (χ1) is 11.7. The van der Waals surface area contributed by atoms with Crippen LogP contribution in [0.4, 0.5) is 11.5 Å². The second-order valence-electron chi connectivity index (χ2n) is 5.93. The van der Waals surface area contributed by atoms with Crippen LogP contribution in [0.3, 0.4) is 0 Å². The van der Waals surface area contributed by atoms with Crippen LogP contribution in [0.25, 0.3) is 0 Å². The Labute approximate surface area is 142 Å². The maximum atomic E-state index is 5.34. The fourth-order valence-electron chi connectivity index (χ4n) is 2.81. The van der Waals surface area contributed by atoms with E-state index < -0.39 is 0 Å². The van der Waals surface area contributed by atoms with Crippen LogP contribution in [0.5, 0.6) is 11.5 Å². The van der Waals surface area contributed by atoms with Crippen LogP contribution < -0.4 is 20.1 Å². The van der Waals surface area contributed by atoms with Crippen LogP contribution in [0.15, 0.2) is 30.5 Å². The normalized spacial score (nSPS) is 14.3. The zero-order valence-electron chi connectivity index (χ0n) is 14.4. The Morgan fingerprint density at radius 2 is 2.04 bits per heavy atom. The Balaban J connectivity index is 1.70. The first kappa shape index (κ1) is 16.4. The molecular weight excluding hydrogens is 304 g/mol. The molecule has 1 aromatic heterocycles. The lowest BCUT2D eigenvalue weighted by Crippen LogP contribution is -2.20. The molecule has 128 valence electrons. The van der Waals surface area contributed by atoms with Crippen LogP contribution >= 0.6 is 0 Å². The molecule has 24 heavy (non-hydrogen) atoms. The van der Waals surface area contributed by atoms with Crippen LogP contribution in [-0.2, 0) is 13.1 Å². The van der Waals surface area contributed by atoms with Gasteiger partial charge in [0.25, 0.3) is 0 Å². The van der Waals surface area contributed by atoms with Crippen molar-refractivity contribution in [3.8, 4) is 11.5 Å². The second kappa shape index (κ2) is 7.40. The van der Waals surface area contributed by atoms with Crippen molar-refractivity contribution < 1.29 is 9.47 Å². The molecule has 0 aliphatic carbocycles. The van der Waals surface area contributed by atoms with E-state index in [1.165, 1.54) is 5.56 Å². The fourth-order valence-corrected chi connectivity index (χ4v) is 2.81. The number of fused-ring (bicyclic) bond motifs is 1. The predicted molar refractivity (Wildman–Crippen MR) is 95.9 cm³/mol. The number of hydrogen-bond donors (Lipinski definition) is 2. The quantitative estimate of drug-likeness (QED) is 0.880. The lowest BCUT2D eigenvalue weighted by atomic mass is 10.2. The molecule has 0 bridgehead atoms. The minimum atomic E-state index is 0.673. The average Bonchev–Trinajstić information content (AvgIpc) is 2.79. The van der Waals surface area contributed by atoms with Crippen LogP contribution in [0, 0.1) is 0 Å². The highest BCUT2D eigenvalue weighted by molar-refractivity contribution is 5.58. The maximum Gasteiger partial charge on any atom is 0.161 e. The summed E-state index contributed by atoms with van der Waals surface area (Å²) in [5, 5.41) is 6.84. The number of ether oxygens (including phenoxy) is 2. The van der Waals surface area contributed by atoms with E-state index in [9.17, 15) is 0 Å². The minimum absolute atomic E-state index is 0.673. The summed E-state index contributed by atoms with van der Waals surface area (Å²) in [7, 11) is 5.41. The third-order valence-electron chi connectivity index (χ3n) is 4.16. The summed E-state index contributed by atoms with van der Waals surface area (Å²) in [6.45, 7) is 3.57. The van der Waals surface area contributed by atoms with Crippen LogP contribution in [-0.4, -0.2) is 44.2 Å². The van der Waals surface area contributed by atoms with Crippen molar-refractivity contribution in [2.75, 3.05) is 45.0 Å². The van der Waals surface area contributed by atoms with Crippen molar-refractivity contribution in [1.82, 2.24) is 9.88 Å². The first-order valence-electron chi connectivity index (χ1n) is 8.05.